The van der Waals surface area contributed by atoms with E-state index in [9.17, 15) is 13.2 Å². The molecule has 28 heavy (non-hydrogen) atoms. The van der Waals surface area contributed by atoms with Gasteiger partial charge >= 0.3 is 0 Å². The van der Waals surface area contributed by atoms with Crippen LogP contribution in [0.3, 0.4) is 0 Å². The van der Waals surface area contributed by atoms with Crippen molar-refractivity contribution in [3.05, 3.63) is 63.1 Å². The Kier molecular flexibility index (Phi) is 6.22. The van der Waals surface area contributed by atoms with E-state index in [-0.39, 0.29) is 18.3 Å². The Balaban J connectivity index is 1.75. The van der Waals surface area contributed by atoms with Gasteiger partial charge in [-0.25, -0.2) is 8.42 Å². The number of anilines is 1. The minimum Gasteiger partial charge on any atom is -0.348 e. The van der Waals surface area contributed by atoms with Gasteiger partial charge in [-0.3, -0.25) is 9.10 Å². The Bertz CT molecular complexity index is 988. The number of aryl methyl sites for hydroxylation is 2. The van der Waals surface area contributed by atoms with Crippen molar-refractivity contribution in [1.29, 1.82) is 0 Å². The first-order valence-electron chi connectivity index (χ1n) is 8.98. The Hall–Kier alpha value is -1.76. The molecule has 0 saturated carbocycles. The summed E-state index contributed by atoms with van der Waals surface area (Å²) in [6.45, 7) is 1.53. The van der Waals surface area contributed by atoms with Crippen molar-refractivity contribution in [3.8, 4) is 0 Å². The molecule has 5 nitrogen and oxygen atoms in total. The molecule has 150 valence electrons. The lowest BCUT2D eigenvalue weighted by atomic mass is 10.0. The van der Waals surface area contributed by atoms with Crippen molar-refractivity contribution < 1.29 is 13.2 Å². The molecule has 1 aliphatic carbocycles. The smallest absolute Gasteiger partial charge is 0.241 e. The van der Waals surface area contributed by atoms with Gasteiger partial charge in [-0.15, -0.1) is 0 Å². The molecule has 2 aromatic carbocycles. The quantitative estimate of drug-likeness (QED) is 0.733. The van der Waals surface area contributed by atoms with Crippen molar-refractivity contribution in [2.75, 3.05) is 17.1 Å². The molecule has 0 heterocycles. The number of hydrogen-bond donors (Lipinski definition) is 1. The summed E-state index contributed by atoms with van der Waals surface area (Å²) < 4.78 is 25.5. The van der Waals surface area contributed by atoms with Crippen LogP contribution in [0, 0.1) is 0 Å². The Morgan fingerprint density at radius 3 is 2.39 bits per heavy atom. The standard InChI is InChI=1S/C20H22Cl2N2O3S/c1-13(15-7-6-14-4-3-5-16(14)8-15)23-20(25)12-24(28(2,26)27)19-10-17(21)9-18(22)11-19/h6-11,13H,3-5,12H2,1-2H3,(H,23,25)/t13-/m1/s1. The number of rotatable bonds is 6. The van der Waals surface area contributed by atoms with Crippen LogP contribution in [0.25, 0.3) is 0 Å². The van der Waals surface area contributed by atoms with Gasteiger partial charge in [-0.05, 0) is 61.1 Å². The summed E-state index contributed by atoms with van der Waals surface area (Å²) >= 11 is 12.0. The molecule has 3 rings (SSSR count). The van der Waals surface area contributed by atoms with Gasteiger partial charge in [-0.2, -0.15) is 0 Å². The molecule has 1 aliphatic rings. The van der Waals surface area contributed by atoms with Gasteiger partial charge in [0.15, 0.2) is 0 Å². The van der Waals surface area contributed by atoms with E-state index in [2.05, 4.69) is 17.4 Å². The Morgan fingerprint density at radius 1 is 1.11 bits per heavy atom. The van der Waals surface area contributed by atoms with E-state index in [4.69, 9.17) is 23.2 Å². The van der Waals surface area contributed by atoms with Crippen LogP contribution in [-0.2, 0) is 27.7 Å². The van der Waals surface area contributed by atoms with Gasteiger partial charge in [-0.1, -0.05) is 41.4 Å². The van der Waals surface area contributed by atoms with E-state index in [0.717, 1.165) is 35.4 Å². The van der Waals surface area contributed by atoms with Crippen molar-refractivity contribution in [1.82, 2.24) is 5.32 Å². The minimum absolute atomic E-state index is 0.234. The Morgan fingerprint density at radius 2 is 1.75 bits per heavy atom. The number of halogens is 2. The third-order valence-corrected chi connectivity index (χ3v) is 6.40. The zero-order chi connectivity index (χ0) is 20.5. The molecule has 0 spiro atoms. The summed E-state index contributed by atoms with van der Waals surface area (Å²) in [7, 11) is -3.70. The second-order valence-corrected chi connectivity index (χ2v) is 9.85. The predicted octanol–water partition coefficient (Wildman–Crippen LogP) is 4.13. The summed E-state index contributed by atoms with van der Waals surface area (Å²) in [4.78, 5) is 12.6. The molecule has 0 unspecified atom stereocenters. The van der Waals surface area contributed by atoms with Crippen LogP contribution < -0.4 is 9.62 Å². The van der Waals surface area contributed by atoms with Crippen LogP contribution in [0.2, 0.25) is 10.0 Å². The number of fused-ring (bicyclic) bond motifs is 1. The van der Waals surface area contributed by atoms with Crippen molar-refractivity contribution in [2.24, 2.45) is 0 Å². The number of nitrogens with zero attached hydrogens (tertiary/aromatic N) is 1. The summed E-state index contributed by atoms with van der Waals surface area (Å²) in [5.74, 6) is -0.408. The fraction of sp³-hybridized carbons (Fsp3) is 0.350. The second-order valence-electron chi connectivity index (χ2n) is 7.07. The molecule has 8 heteroatoms. The second kappa shape index (κ2) is 8.31. The van der Waals surface area contributed by atoms with E-state index in [1.165, 1.54) is 29.3 Å². The number of sulfonamides is 1. The number of carbonyl (C=O) groups excluding carboxylic acids is 1. The highest BCUT2D eigenvalue weighted by Crippen LogP contribution is 2.28. The SMILES string of the molecule is C[C@@H](NC(=O)CN(c1cc(Cl)cc(Cl)c1)S(C)(=O)=O)c1ccc2c(c1)CCC2. The van der Waals surface area contributed by atoms with Gasteiger partial charge in [0.05, 0.1) is 18.0 Å². The zero-order valence-electron chi connectivity index (χ0n) is 15.7. The molecular formula is C20H22Cl2N2O3S. The molecule has 1 amide bonds. The lowest BCUT2D eigenvalue weighted by molar-refractivity contribution is -0.120. The third kappa shape index (κ3) is 4.99. The molecule has 0 saturated heterocycles. The van der Waals surface area contributed by atoms with Crippen LogP contribution in [0.4, 0.5) is 5.69 Å². The van der Waals surface area contributed by atoms with Crippen molar-refractivity contribution in [2.45, 2.75) is 32.2 Å². The maximum absolute atomic E-state index is 12.6. The fourth-order valence-corrected chi connectivity index (χ4v) is 4.80. The largest absolute Gasteiger partial charge is 0.348 e. The lowest BCUT2D eigenvalue weighted by Gasteiger charge is -2.24. The zero-order valence-corrected chi connectivity index (χ0v) is 18.0. The molecule has 0 radical (unpaired) electrons. The van der Waals surface area contributed by atoms with Gasteiger partial charge in [0.25, 0.3) is 0 Å². The molecule has 0 bridgehead atoms. The number of hydrogen-bond acceptors (Lipinski definition) is 3. The molecular weight excluding hydrogens is 419 g/mol. The van der Waals surface area contributed by atoms with Crippen LogP contribution in [0.15, 0.2) is 36.4 Å². The van der Waals surface area contributed by atoms with Crippen molar-refractivity contribution in [3.63, 3.8) is 0 Å². The van der Waals surface area contributed by atoms with Gasteiger partial charge in [0.2, 0.25) is 15.9 Å². The van der Waals surface area contributed by atoms with E-state index < -0.39 is 15.9 Å². The molecule has 1 atom stereocenters. The van der Waals surface area contributed by atoms with Crippen LogP contribution in [0.1, 0.15) is 36.1 Å². The maximum atomic E-state index is 12.6. The van der Waals surface area contributed by atoms with E-state index in [1.54, 1.807) is 0 Å². The van der Waals surface area contributed by atoms with E-state index in [0.29, 0.717) is 10.0 Å². The highest BCUT2D eigenvalue weighted by molar-refractivity contribution is 7.92. The molecule has 0 fully saturated rings. The topological polar surface area (TPSA) is 66.5 Å². The fourth-order valence-electron chi connectivity index (χ4n) is 3.45. The highest BCUT2D eigenvalue weighted by atomic mass is 35.5. The average molecular weight is 441 g/mol. The maximum Gasteiger partial charge on any atom is 0.241 e. The first-order chi connectivity index (χ1) is 13.1. The number of carbonyl (C=O) groups is 1. The van der Waals surface area contributed by atoms with Crippen LogP contribution >= 0.6 is 23.2 Å². The average Bonchev–Trinajstić information content (AvgIpc) is 3.05. The van der Waals surface area contributed by atoms with Crippen molar-refractivity contribution >= 4 is 44.8 Å². The third-order valence-electron chi connectivity index (χ3n) is 4.82. The minimum atomic E-state index is -3.70. The summed E-state index contributed by atoms with van der Waals surface area (Å²) in [5.41, 5.74) is 3.94. The summed E-state index contributed by atoms with van der Waals surface area (Å²) in [6, 6.07) is 10.4. The molecule has 2 aromatic rings. The molecule has 0 aliphatic heterocycles. The van der Waals surface area contributed by atoms with Crippen LogP contribution in [0.5, 0.6) is 0 Å². The monoisotopic (exact) mass is 440 g/mol. The summed E-state index contributed by atoms with van der Waals surface area (Å²) in [6.07, 6.45) is 4.35. The molecule has 1 N–H and O–H groups in total. The lowest BCUT2D eigenvalue weighted by Crippen LogP contribution is -2.41. The van der Waals surface area contributed by atoms with E-state index in [1.807, 2.05) is 13.0 Å². The predicted molar refractivity (Wildman–Crippen MR) is 114 cm³/mol. The highest BCUT2D eigenvalue weighted by Gasteiger charge is 2.23. The number of amides is 1. The van der Waals surface area contributed by atoms with Gasteiger partial charge in [0, 0.05) is 10.0 Å². The normalized spacial score (nSPS) is 14.4. The first-order valence-corrected chi connectivity index (χ1v) is 11.6. The molecule has 0 aromatic heterocycles. The summed E-state index contributed by atoms with van der Waals surface area (Å²) in [5, 5.41) is 3.47. The van der Waals surface area contributed by atoms with Gasteiger partial charge < -0.3 is 5.32 Å². The van der Waals surface area contributed by atoms with E-state index >= 15 is 0 Å². The van der Waals surface area contributed by atoms with Crippen LogP contribution in [-0.4, -0.2) is 27.1 Å². The first kappa shape index (κ1) is 21.0. The number of benzene rings is 2. The van der Waals surface area contributed by atoms with Gasteiger partial charge in [0.1, 0.15) is 6.54 Å². The Labute approximate surface area is 175 Å². The number of nitrogens with one attached hydrogen (secondary N) is 1.